The maximum absolute atomic E-state index is 13.3. The summed E-state index contributed by atoms with van der Waals surface area (Å²) in [7, 11) is 0. The molecule has 0 spiro atoms. The topological polar surface area (TPSA) is 12.0 Å². The molecule has 0 aromatic heterocycles. The minimum Gasteiger partial charge on any atom is -0.253 e. The van der Waals surface area contributed by atoms with Crippen LogP contribution in [0.3, 0.4) is 0 Å². The number of halogens is 17. The largest absolute Gasteiger partial charge is 0.460 e. The lowest BCUT2D eigenvalue weighted by atomic mass is 9.90. The first-order valence-corrected chi connectivity index (χ1v) is 6.77. The van der Waals surface area contributed by atoms with Crippen LogP contribution in [0.15, 0.2) is 0 Å². The fourth-order valence-electron chi connectivity index (χ4n) is 1.56. The zero-order chi connectivity index (χ0) is 24.1. The fourth-order valence-corrected chi connectivity index (χ4v) is 1.56. The summed E-state index contributed by atoms with van der Waals surface area (Å²) in [5, 5.41) is 0.215. The van der Waals surface area contributed by atoms with Gasteiger partial charge >= 0.3 is 47.8 Å². The van der Waals surface area contributed by atoms with E-state index in [0.29, 0.717) is 0 Å². The summed E-state index contributed by atoms with van der Waals surface area (Å²) in [5.41, 5.74) is 0. The first-order chi connectivity index (χ1) is 12.3. The van der Waals surface area contributed by atoms with Crippen LogP contribution in [0.4, 0.5) is 74.6 Å². The van der Waals surface area contributed by atoms with E-state index in [1.807, 2.05) is 0 Å². The summed E-state index contributed by atoms with van der Waals surface area (Å²) >= 11 is 0. The smallest absolute Gasteiger partial charge is 0.253 e. The maximum Gasteiger partial charge on any atom is 0.460 e. The summed E-state index contributed by atoms with van der Waals surface area (Å²) < 4.78 is 218. The van der Waals surface area contributed by atoms with E-state index in [4.69, 9.17) is 0 Å². The quantitative estimate of drug-likeness (QED) is 0.320. The van der Waals surface area contributed by atoms with Crippen molar-refractivity contribution in [2.24, 2.45) is 0 Å². The van der Waals surface area contributed by atoms with Crippen LogP contribution in [0.25, 0.3) is 0 Å². The van der Waals surface area contributed by atoms with Gasteiger partial charge in [0.2, 0.25) is 0 Å². The second-order valence-electron chi connectivity index (χ2n) is 5.45. The molecular weight excluding hydrogens is 469 g/mol. The second-order valence-corrected chi connectivity index (χ2v) is 5.45. The number of nitrogens with one attached hydrogen (secondary N) is 1. The van der Waals surface area contributed by atoms with Gasteiger partial charge in [-0.05, 0) is 6.42 Å². The van der Waals surface area contributed by atoms with E-state index >= 15 is 0 Å². The van der Waals surface area contributed by atoms with E-state index in [2.05, 4.69) is 0 Å². The molecule has 0 fully saturated rings. The average molecular weight is 477 g/mol. The van der Waals surface area contributed by atoms with Gasteiger partial charge in [-0.2, -0.15) is 74.6 Å². The van der Waals surface area contributed by atoms with Crippen LogP contribution in [-0.4, -0.2) is 54.3 Å². The molecule has 0 aromatic rings. The predicted molar refractivity (Wildman–Crippen MR) is 59.0 cm³/mol. The molecule has 0 radical (unpaired) electrons. The lowest BCUT2D eigenvalue weighted by Crippen LogP contribution is -2.75. The SMILES string of the molecule is CCCNC(F)(F)C(F)(F)C(F)(F)C(F)(F)C(F)(F)C(F)(F)C(F)(F)C(F)(F)F. The van der Waals surface area contributed by atoms with E-state index in [0.717, 1.165) is 6.92 Å². The number of rotatable bonds is 9. The highest BCUT2D eigenvalue weighted by Crippen LogP contribution is 2.63. The third-order valence-electron chi connectivity index (χ3n) is 3.32. The zero-order valence-corrected chi connectivity index (χ0v) is 13.3. The molecule has 0 rings (SSSR count). The van der Waals surface area contributed by atoms with E-state index in [-0.39, 0.29) is 5.32 Å². The summed E-state index contributed by atoms with van der Waals surface area (Å²) in [6.45, 7) is -0.412. The van der Waals surface area contributed by atoms with Crippen molar-refractivity contribution in [3.63, 3.8) is 0 Å². The molecule has 0 unspecified atom stereocenters. The normalized spacial score (nSPS) is 16.3. The van der Waals surface area contributed by atoms with Crippen molar-refractivity contribution in [2.75, 3.05) is 6.54 Å². The summed E-state index contributed by atoms with van der Waals surface area (Å²) in [5.74, 6) is -49.6. The molecule has 0 saturated heterocycles. The lowest BCUT2D eigenvalue weighted by Gasteiger charge is -2.42. The third-order valence-corrected chi connectivity index (χ3v) is 3.32. The van der Waals surface area contributed by atoms with Crippen molar-refractivity contribution in [1.82, 2.24) is 5.32 Å². The number of hydrogen-bond acceptors (Lipinski definition) is 1. The van der Waals surface area contributed by atoms with Gasteiger partial charge in [-0.1, -0.05) is 6.92 Å². The zero-order valence-electron chi connectivity index (χ0n) is 13.3. The molecule has 176 valence electrons. The van der Waals surface area contributed by atoms with Crippen molar-refractivity contribution in [3.8, 4) is 0 Å². The molecule has 0 bridgehead atoms. The van der Waals surface area contributed by atoms with Crippen LogP contribution in [0.1, 0.15) is 13.3 Å². The number of alkyl halides is 17. The Morgan fingerprint density at radius 2 is 0.724 bits per heavy atom. The van der Waals surface area contributed by atoms with Gasteiger partial charge in [0.15, 0.2) is 0 Å². The Bertz CT molecular complexity index is 574. The molecule has 0 atom stereocenters. The van der Waals surface area contributed by atoms with Crippen molar-refractivity contribution in [2.45, 2.75) is 61.1 Å². The van der Waals surface area contributed by atoms with Crippen LogP contribution in [0, 0.1) is 0 Å². The molecule has 29 heavy (non-hydrogen) atoms. The van der Waals surface area contributed by atoms with E-state index in [1.165, 1.54) is 0 Å². The van der Waals surface area contributed by atoms with Crippen LogP contribution in [-0.2, 0) is 0 Å². The van der Waals surface area contributed by atoms with E-state index < -0.39 is 60.7 Å². The second kappa shape index (κ2) is 7.18. The van der Waals surface area contributed by atoms with Crippen molar-refractivity contribution >= 4 is 0 Å². The summed E-state index contributed by atoms with van der Waals surface area (Å²) in [4.78, 5) is 0. The van der Waals surface area contributed by atoms with E-state index in [9.17, 15) is 74.6 Å². The van der Waals surface area contributed by atoms with Crippen LogP contribution in [0.5, 0.6) is 0 Å². The lowest BCUT2D eigenvalue weighted by molar-refractivity contribution is -0.462. The molecule has 0 saturated carbocycles. The Labute approximate surface area is 149 Å². The van der Waals surface area contributed by atoms with Gasteiger partial charge in [0, 0.05) is 6.54 Å². The Morgan fingerprint density at radius 1 is 0.448 bits per heavy atom. The number of hydrogen-bond donors (Lipinski definition) is 1. The van der Waals surface area contributed by atoms with Gasteiger partial charge in [0.25, 0.3) is 0 Å². The monoisotopic (exact) mass is 477 g/mol. The summed E-state index contributed by atoms with van der Waals surface area (Å²) in [6.07, 6.45) is -8.32. The average Bonchev–Trinajstić information content (AvgIpc) is 2.50. The highest BCUT2D eigenvalue weighted by Gasteiger charge is 2.95. The fraction of sp³-hybridized carbons (Fsp3) is 1.00. The Balaban J connectivity index is 6.57. The Hall–Kier alpha value is -1.23. The van der Waals surface area contributed by atoms with Crippen molar-refractivity contribution in [3.05, 3.63) is 0 Å². The molecule has 0 aliphatic rings. The van der Waals surface area contributed by atoms with Crippen molar-refractivity contribution in [1.29, 1.82) is 0 Å². The first-order valence-electron chi connectivity index (χ1n) is 6.77. The van der Waals surface area contributed by atoms with Gasteiger partial charge in [-0.15, -0.1) is 0 Å². The minimum absolute atomic E-state index is 0.215. The first kappa shape index (κ1) is 27.8. The van der Waals surface area contributed by atoms with Crippen LogP contribution in [0.2, 0.25) is 0 Å². The summed E-state index contributed by atoms with van der Waals surface area (Å²) in [6, 6.07) is -6.51. The van der Waals surface area contributed by atoms with Gasteiger partial charge in [0.05, 0.1) is 0 Å². The standard InChI is InChI=1S/C11H8F17N/c1-2-3-29-11(27,28)9(22,23)7(18,19)5(14,15)4(12,13)6(16,17)8(20,21)10(24,25)26/h29H,2-3H2,1H3. The van der Waals surface area contributed by atoms with Gasteiger partial charge in [0.1, 0.15) is 0 Å². The molecule has 18 heteroatoms. The highest BCUT2D eigenvalue weighted by molar-refractivity contribution is 5.14. The van der Waals surface area contributed by atoms with Gasteiger partial charge < -0.3 is 0 Å². The Kier molecular flexibility index (Phi) is 6.87. The highest BCUT2D eigenvalue weighted by atomic mass is 19.4. The third kappa shape index (κ3) is 3.68. The molecule has 0 aliphatic heterocycles. The molecular formula is C11H8F17N. The van der Waals surface area contributed by atoms with E-state index in [1.54, 1.807) is 0 Å². The van der Waals surface area contributed by atoms with Crippen LogP contribution < -0.4 is 5.32 Å². The predicted octanol–water partition coefficient (Wildman–Crippen LogP) is 5.95. The molecule has 0 amide bonds. The molecule has 1 nitrogen and oxygen atoms in total. The molecule has 1 N–H and O–H groups in total. The van der Waals surface area contributed by atoms with Gasteiger partial charge in [-0.3, -0.25) is 5.32 Å². The van der Waals surface area contributed by atoms with Crippen LogP contribution >= 0.6 is 0 Å². The molecule has 0 aliphatic carbocycles. The molecule has 0 heterocycles. The van der Waals surface area contributed by atoms with Gasteiger partial charge in [-0.25, -0.2) is 0 Å². The minimum atomic E-state index is -8.59. The Morgan fingerprint density at radius 3 is 1.00 bits per heavy atom. The molecule has 0 aromatic carbocycles. The maximum atomic E-state index is 13.3. The van der Waals surface area contributed by atoms with Crippen molar-refractivity contribution < 1.29 is 74.6 Å².